The van der Waals surface area contributed by atoms with E-state index in [-0.39, 0.29) is 38.0 Å². The van der Waals surface area contributed by atoms with E-state index >= 15 is 0 Å². The van der Waals surface area contributed by atoms with Crippen LogP contribution in [0.3, 0.4) is 0 Å². The van der Waals surface area contributed by atoms with Gasteiger partial charge in [0.1, 0.15) is 0 Å². The molecule has 2 rings (SSSR count). The fourth-order valence-electron chi connectivity index (χ4n) is 1.71. The molecule has 7 heteroatoms. The van der Waals surface area contributed by atoms with Gasteiger partial charge in [0.2, 0.25) is 0 Å². The molecule has 0 N–H and O–H groups in total. The maximum atomic E-state index is 12.4. The van der Waals surface area contributed by atoms with Crippen molar-refractivity contribution < 1.29 is 41.1 Å². The van der Waals surface area contributed by atoms with Crippen LogP contribution < -0.4 is 10.2 Å². The first-order valence-corrected chi connectivity index (χ1v) is 6.70. The molecule has 5 nitrogen and oxygen atoms in total. The summed E-state index contributed by atoms with van der Waals surface area (Å²) in [7, 11) is -1.95. The normalized spacial score (nSPS) is 9.95. The monoisotopic (exact) mass is 344 g/mol. The summed E-state index contributed by atoms with van der Waals surface area (Å²) in [6.45, 7) is 0. The third kappa shape index (κ3) is 3.58. The zero-order valence-corrected chi connectivity index (χ0v) is 12.3. The topological polar surface area (TPSA) is 97.3 Å². The molecule has 0 heterocycles. The summed E-state index contributed by atoms with van der Waals surface area (Å²) in [6, 6.07) is 11.2. The Morgan fingerprint density at radius 1 is 0.762 bits per heavy atom. The summed E-state index contributed by atoms with van der Waals surface area (Å²) < 4.78 is 12.4. The first-order valence-electron chi connectivity index (χ1n) is 5.55. The van der Waals surface area contributed by atoms with Crippen molar-refractivity contribution in [2.24, 2.45) is 0 Å². The average molecular weight is 344 g/mol. The Morgan fingerprint density at radius 3 is 1.43 bits per heavy atom. The van der Waals surface area contributed by atoms with E-state index in [4.69, 9.17) is 0 Å². The van der Waals surface area contributed by atoms with Crippen molar-refractivity contribution in [1.82, 2.24) is 0 Å². The summed E-state index contributed by atoms with van der Waals surface area (Å²) in [4.78, 5) is 22.0. The minimum Gasteiger partial charge on any atom is -0.545 e. The van der Waals surface area contributed by atoms with Gasteiger partial charge in [-0.05, 0) is 12.1 Å². The molecule has 0 saturated heterocycles. The molecule has 108 valence electrons. The smallest absolute Gasteiger partial charge is 0.545 e. The van der Waals surface area contributed by atoms with Crippen LogP contribution in [0.2, 0.25) is 0 Å². The summed E-state index contributed by atoms with van der Waals surface area (Å²) >= 11 is 0. The van der Waals surface area contributed by atoms with Crippen molar-refractivity contribution in [2.45, 2.75) is 9.79 Å². The second kappa shape index (κ2) is 7.17. The maximum absolute atomic E-state index is 12.4. The Labute approximate surface area is 133 Å². The van der Waals surface area contributed by atoms with Gasteiger partial charge < -0.3 is 19.8 Å². The number of carboxylic acid groups (broad SMARTS) is 2. The summed E-state index contributed by atoms with van der Waals surface area (Å²) in [5.41, 5.74) is -0.474. The van der Waals surface area contributed by atoms with Crippen molar-refractivity contribution in [3.63, 3.8) is 0 Å². The maximum Gasteiger partial charge on any atom is 2.00 e. The number of carbonyl (C=O) groups is 2. The van der Waals surface area contributed by atoms with Crippen molar-refractivity contribution in [3.05, 3.63) is 59.7 Å². The van der Waals surface area contributed by atoms with E-state index in [1.165, 1.54) is 48.5 Å². The Morgan fingerprint density at radius 2 is 1.10 bits per heavy atom. The van der Waals surface area contributed by atoms with Crippen LogP contribution in [0, 0.1) is 0 Å². The number of benzene rings is 2. The molecule has 0 bridgehead atoms. The predicted octanol–water partition coefficient (Wildman–Crippen LogP) is -0.422. The van der Waals surface area contributed by atoms with Gasteiger partial charge in [-0.15, -0.1) is 0 Å². The molecule has 0 aliphatic carbocycles. The van der Waals surface area contributed by atoms with Crippen LogP contribution in [-0.4, -0.2) is 16.1 Å². The van der Waals surface area contributed by atoms with Crippen molar-refractivity contribution >= 4 is 22.7 Å². The number of hydrogen-bond donors (Lipinski definition) is 0. The van der Waals surface area contributed by atoms with Gasteiger partial charge in [-0.2, -0.15) is 0 Å². The second-order valence-corrected chi connectivity index (χ2v) is 5.25. The molecule has 0 fully saturated rings. The molecule has 0 radical (unpaired) electrons. The van der Waals surface area contributed by atoms with Crippen LogP contribution in [0.25, 0.3) is 0 Å². The van der Waals surface area contributed by atoms with Crippen LogP contribution in [-0.2, 0) is 27.9 Å². The molecule has 0 spiro atoms. The van der Waals surface area contributed by atoms with E-state index < -0.39 is 22.7 Å². The van der Waals surface area contributed by atoms with Gasteiger partial charge in [0.25, 0.3) is 0 Å². The molecule has 0 atom stereocenters. The van der Waals surface area contributed by atoms with E-state index in [0.717, 1.165) is 0 Å². The minimum atomic E-state index is -1.95. The average Bonchev–Trinajstić information content (AvgIpc) is 2.46. The summed E-state index contributed by atoms with van der Waals surface area (Å²) in [5, 5.41) is 22.0. The third-order valence-electron chi connectivity index (χ3n) is 2.61. The number of rotatable bonds is 4. The summed E-state index contributed by atoms with van der Waals surface area (Å²) in [5.74, 6) is -2.94. The molecule has 0 saturated carbocycles. The third-order valence-corrected chi connectivity index (χ3v) is 4.12. The van der Waals surface area contributed by atoms with Crippen LogP contribution >= 0.6 is 0 Å². The molecule has 2 aromatic carbocycles. The second-order valence-electron chi connectivity index (χ2n) is 3.84. The molecule has 0 amide bonds. The molecular weight excluding hydrogens is 336 g/mol. The molecule has 21 heavy (non-hydrogen) atoms. The van der Waals surface area contributed by atoms with Crippen molar-refractivity contribution in [3.8, 4) is 0 Å². The van der Waals surface area contributed by atoms with E-state index in [0.29, 0.717) is 0 Å². The minimum absolute atomic E-state index is 0. The molecule has 0 aliphatic rings. The molecule has 0 aliphatic heterocycles. The van der Waals surface area contributed by atoms with Crippen molar-refractivity contribution in [2.75, 3.05) is 0 Å². The van der Waals surface area contributed by atoms with E-state index in [9.17, 15) is 24.0 Å². The fourth-order valence-corrected chi connectivity index (χ4v) is 3.06. The molecule has 0 unspecified atom stereocenters. The predicted molar refractivity (Wildman–Crippen MR) is 66.2 cm³/mol. The van der Waals surface area contributed by atoms with E-state index in [1.54, 1.807) is 0 Å². The zero-order valence-electron chi connectivity index (χ0n) is 10.4. The van der Waals surface area contributed by atoms with Crippen LogP contribution in [0.5, 0.6) is 0 Å². The van der Waals surface area contributed by atoms with Gasteiger partial charge in [0.15, 0.2) is 0 Å². The number of carbonyl (C=O) groups excluding carboxylic acids is 2. The van der Waals surface area contributed by atoms with Gasteiger partial charge in [-0.25, -0.2) is 4.21 Å². The number of hydrogen-bond acceptors (Lipinski definition) is 5. The van der Waals surface area contributed by atoms with E-state index in [2.05, 4.69) is 0 Å². The first-order chi connectivity index (χ1) is 9.52. The van der Waals surface area contributed by atoms with Crippen LogP contribution in [0.15, 0.2) is 58.3 Å². The quantitative estimate of drug-likeness (QED) is 0.702. The Bertz CT molecular complexity index is 655. The van der Waals surface area contributed by atoms with Gasteiger partial charge in [-0.1, -0.05) is 36.4 Å². The van der Waals surface area contributed by atoms with E-state index in [1.807, 2.05) is 0 Å². The first kappa shape index (κ1) is 17.1. The van der Waals surface area contributed by atoms with Gasteiger partial charge in [0.05, 0.1) is 32.5 Å². The number of carboxylic acids is 2. The van der Waals surface area contributed by atoms with Gasteiger partial charge in [0, 0.05) is 11.1 Å². The standard InChI is InChI=1S/C14H10O5S.Fe/c15-13(16)9-5-1-3-7-11(9)20(19)12-8-4-2-6-10(12)14(17)18;/h1-8H,(H,15,16)(H,17,18);/q;+2/p-2. The molecule has 2 aromatic rings. The summed E-state index contributed by atoms with van der Waals surface area (Å²) in [6.07, 6.45) is 0. The SMILES string of the molecule is O=C([O-])c1ccccc1S(=O)c1ccccc1C(=O)[O-].[Fe+2]. The number of aromatic carboxylic acids is 2. The molecular formula is C14H8FeO5S. The van der Waals surface area contributed by atoms with Gasteiger partial charge >= 0.3 is 17.1 Å². The zero-order chi connectivity index (χ0) is 14.7. The Kier molecular flexibility index (Phi) is 5.84. The fraction of sp³-hybridized carbons (Fsp3) is 0. The van der Waals surface area contributed by atoms with Crippen LogP contribution in [0.4, 0.5) is 0 Å². The van der Waals surface area contributed by atoms with Crippen LogP contribution in [0.1, 0.15) is 20.7 Å². The largest absolute Gasteiger partial charge is 2.00 e. The van der Waals surface area contributed by atoms with Crippen molar-refractivity contribution in [1.29, 1.82) is 0 Å². The Hall–Kier alpha value is -1.95. The molecule has 0 aromatic heterocycles. The Balaban J connectivity index is 0.00000220. The van der Waals surface area contributed by atoms with Gasteiger partial charge in [-0.3, -0.25) is 0 Å².